The van der Waals surface area contributed by atoms with Crippen LogP contribution in [0.15, 0.2) is 0 Å². The van der Waals surface area contributed by atoms with Crippen LogP contribution in [0.5, 0.6) is 0 Å². The van der Waals surface area contributed by atoms with Crippen molar-refractivity contribution in [1.29, 1.82) is 0 Å². The number of hydrogen-bond acceptors (Lipinski definition) is 4. The first kappa shape index (κ1) is 17.4. The van der Waals surface area contributed by atoms with E-state index in [-0.39, 0.29) is 24.8 Å². The van der Waals surface area contributed by atoms with Crippen LogP contribution >= 0.6 is 0 Å². The molecule has 2 N–H and O–H groups in total. The Morgan fingerprint density at radius 2 is 1.95 bits per heavy atom. The number of aliphatic carboxylic acids is 1. The van der Waals surface area contributed by atoms with Gasteiger partial charge in [0.1, 0.15) is 0 Å². The quantitative estimate of drug-likeness (QED) is 0.782. The molecule has 21 heavy (non-hydrogen) atoms. The van der Waals surface area contributed by atoms with Crippen molar-refractivity contribution in [3.05, 3.63) is 0 Å². The van der Waals surface area contributed by atoms with E-state index < -0.39 is 11.9 Å². The molecule has 1 aliphatic heterocycles. The second-order valence-electron chi connectivity index (χ2n) is 5.75. The lowest BCUT2D eigenvalue weighted by molar-refractivity contribution is -0.138. The fourth-order valence-electron chi connectivity index (χ4n) is 2.51. The van der Waals surface area contributed by atoms with E-state index in [2.05, 4.69) is 17.1 Å². The second-order valence-corrected chi connectivity index (χ2v) is 5.75. The molecular weight excluding hydrogens is 274 g/mol. The van der Waals surface area contributed by atoms with Crippen molar-refractivity contribution in [2.75, 3.05) is 26.7 Å². The Bertz CT molecular complexity index is 400. The Hall–Kier alpha value is -1.63. The van der Waals surface area contributed by atoms with Crippen LogP contribution in [0.1, 0.15) is 33.1 Å². The summed E-state index contributed by atoms with van der Waals surface area (Å²) in [7, 11) is 2.03. The van der Waals surface area contributed by atoms with E-state index in [1.807, 2.05) is 7.05 Å². The smallest absolute Gasteiger partial charge is 0.324 e. The lowest BCUT2D eigenvalue weighted by atomic mass is 10.0. The van der Waals surface area contributed by atoms with Crippen molar-refractivity contribution in [2.45, 2.75) is 39.2 Å². The minimum atomic E-state index is -0.938. The molecule has 0 radical (unpaired) electrons. The van der Waals surface area contributed by atoms with Gasteiger partial charge in [-0.3, -0.25) is 19.8 Å². The number of nitrogens with zero attached hydrogens (tertiary/aromatic N) is 2. The number of nitrogens with one attached hydrogen (secondary N) is 1. The molecule has 7 nitrogen and oxygen atoms in total. The van der Waals surface area contributed by atoms with Crippen LogP contribution in [0.25, 0.3) is 0 Å². The summed E-state index contributed by atoms with van der Waals surface area (Å²) >= 11 is 0. The molecule has 7 heteroatoms. The van der Waals surface area contributed by atoms with Crippen molar-refractivity contribution < 1.29 is 19.5 Å². The van der Waals surface area contributed by atoms with Crippen LogP contribution in [-0.4, -0.2) is 65.5 Å². The summed E-state index contributed by atoms with van der Waals surface area (Å²) in [6.45, 7) is 5.74. The van der Waals surface area contributed by atoms with E-state index in [0.717, 1.165) is 13.0 Å². The summed E-state index contributed by atoms with van der Waals surface area (Å²) in [5.41, 5.74) is 0. The molecule has 1 rings (SSSR count). The van der Waals surface area contributed by atoms with Gasteiger partial charge in [0.2, 0.25) is 5.91 Å². The zero-order valence-corrected chi connectivity index (χ0v) is 13.0. The third-order valence-corrected chi connectivity index (χ3v) is 3.84. The lowest BCUT2D eigenvalue weighted by Gasteiger charge is -2.38. The highest BCUT2D eigenvalue weighted by Crippen LogP contribution is 2.11. The molecule has 0 aromatic carbocycles. The van der Waals surface area contributed by atoms with Gasteiger partial charge in [0, 0.05) is 38.5 Å². The van der Waals surface area contributed by atoms with Gasteiger partial charge >= 0.3 is 12.0 Å². The summed E-state index contributed by atoms with van der Waals surface area (Å²) in [5.74, 6) is -1.64. The average molecular weight is 299 g/mol. The number of carbonyl (C=O) groups excluding carboxylic acids is 2. The molecule has 1 aliphatic rings. The normalized spacial score (nSPS) is 20.9. The van der Waals surface area contributed by atoms with Crippen LogP contribution in [0.4, 0.5) is 4.79 Å². The Morgan fingerprint density at radius 3 is 2.52 bits per heavy atom. The number of amides is 3. The number of rotatable bonds is 5. The summed E-state index contributed by atoms with van der Waals surface area (Å²) in [6.07, 6.45) is 0.918. The molecule has 2 atom stereocenters. The largest absolute Gasteiger partial charge is 0.481 e. The topological polar surface area (TPSA) is 90.0 Å². The predicted octanol–water partition coefficient (Wildman–Crippen LogP) is 0.750. The zero-order valence-electron chi connectivity index (χ0n) is 13.0. The van der Waals surface area contributed by atoms with Gasteiger partial charge in [-0.25, -0.2) is 4.79 Å². The molecule has 120 valence electrons. The average Bonchev–Trinajstić information content (AvgIpc) is 2.37. The first-order valence-corrected chi connectivity index (χ1v) is 7.34. The Kier molecular flexibility index (Phi) is 6.61. The lowest BCUT2D eigenvalue weighted by Crippen LogP contribution is -2.56. The maximum Gasteiger partial charge on any atom is 0.324 e. The molecule has 0 bridgehead atoms. The van der Waals surface area contributed by atoms with Crippen molar-refractivity contribution in [3.63, 3.8) is 0 Å². The molecule has 2 unspecified atom stereocenters. The SMILES string of the molecule is CCC1CN(C(=O)NC(=O)CC(C)CC(=O)O)CCN1C. The maximum absolute atomic E-state index is 12.0. The van der Waals surface area contributed by atoms with Crippen LogP contribution in [0.3, 0.4) is 0 Å². The number of piperazine rings is 1. The highest BCUT2D eigenvalue weighted by Gasteiger charge is 2.27. The first-order valence-electron chi connectivity index (χ1n) is 7.34. The molecular formula is C14H25N3O4. The van der Waals surface area contributed by atoms with Crippen LogP contribution < -0.4 is 5.32 Å². The third kappa shape index (κ3) is 5.71. The molecule has 1 saturated heterocycles. The van der Waals surface area contributed by atoms with E-state index >= 15 is 0 Å². The van der Waals surface area contributed by atoms with E-state index in [1.54, 1.807) is 11.8 Å². The van der Waals surface area contributed by atoms with Crippen LogP contribution in [0.2, 0.25) is 0 Å². The molecule has 0 spiro atoms. The van der Waals surface area contributed by atoms with Crippen molar-refractivity contribution >= 4 is 17.9 Å². The van der Waals surface area contributed by atoms with Crippen molar-refractivity contribution in [1.82, 2.24) is 15.1 Å². The number of hydrogen-bond donors (Lipinski definition) is 2. The monoisotopic (exact) mass is 299 g/mol. The highest BCUT2D eigenvalue weighted by molar-refractivity contribution is 5.94. The Balaban J connectivity index is 2.42. The van der Waals surface area contributed by atoms with Crippen LogP contribution in [-0.2, 0) is 9.59 Å². The van der Waals surface area contributed by atoms with E-state index in [1.165, 1.54) is 0 Å². The highest BCUT2D eigenvalue weighted by atomic mass is 16.4. The van der Waals surface area contributed by atoms with E-state index in [9.17, 15) is 14.4 Å². The molecule has 0 aromatic heterocycles. The number of urea groups is 1. The van der Waals surface area contributed by atoms with Crippen molar-refractivity contribution in [3.8, 4) is 0 Å². The summed E-state index contributed by atoms with van der Waals surface area (Å²) in [5, 5.41) is 11.0. The van der Waals surface area contributed by atoms with Gasteiger partial charge in [0.15, 0.2) is 0 Å². The fraction of sp³-hybridized carbons (Fsp3) is 0.786. The van der Waals surface area contributed by atoms with E-state index in [4.69, 9.17) is 5.11 Å². The molecule has 1 heterocycles. The van der Waals surface area contributed by atoms with Gasteiger partial charge in [-0.2, -0.15) is 0 Å². The fourth-order valence-corrected chi connectivity index (χ4v) is 2.51. The molecule has 1 fully saturated rings. The standard InChI is InChI=1S/C14H25N3O4/c1-4-11-9-17(6-5-16(11)3)14(21)15-12(18)7-10(2)8-13(19)20/h10-11H,4-9H2,1-3H3,(H,19,20)(H,15,18,21). The van der Waals surface area contributed by atoms with Gasteiger partial charge in [-0.1, -0.05) is 13.8 Å². The summed E-state index contributed by atoms with van der Waals surface area (Å²) < 4.78 is 0. The van der Waals surface area contributed by atoms with Gasteiger partial charge in [0.25, 0.3) is 0 Å². The minimum absolute atomic E-state index is 0.0446. The van der Waals surface area contributed by atoms with Gasteiger partial charge < -0.3 is 10.0 Å². The zero-order chi connectivity index (χ0) is 16.0. The molecule has 0 saturated carbocycles. The molecule has 0 aliphatic carbocycles. The van der Waals surface area contributed by atoms with Gasteiger partial charge in [0.05, 0.1) is 0 Å². The summed E-state index contributed by atoms with van der Waals surface area (Å²) in [6, 6.07) is -0.0698. The molecule has 0 aromatic rings. The van der Waals surface area contributed by atoms with Gasteiger partial charge in [-0.15, -0.1) is 0 Å². The number of carboxylic acid groups (broad SMARTS) is 1. The summed E-state index contributed by atoms with van der Waals surface area (Å²) in [4.78, 5) is 38.2. The van der Waals surface area contributed by atoms with Gasteiger partial charge in [-0.05, 0) is 19.4 Å². The molecule has 3 amide bonds. The van der Waals surface area contributed by atoms with Crippen molar-refractivity contribution in [2.24, 2.45) is 5.92 Å². The third-order valence-electron chi connectivity index (χ3n) is 3.84. The van der Waals surface area contributed by atoms with Crippen LogP contribution in [0, 0.1) is 5.92 Å². The number of imide groups is 1. The number of carbonyl (C=O) groups is 3. The van der Waals surface area contributed by atoms with E-state index in [0.29, 0.717) is 19.1 Å². The first-order chi connectivity index (χ1) is 9.83. The Labute approximate surface area is 125 Å². The Morgan fingerprint density at radius 1 is 1.29 bits per heavy atom. The minimum Gasteiger partial charge on any atom is -0.481 e. The second kappa shape index (κ2) is 7.97. The predicted molar refractivity (Wildman–Crippen MR) is 77.9 cm³/mol. The maximum atomic E-state index is 12.0. The number of carboxylic acids is 1. The number of likely N-dealkylation sites (N-methyl/N-ethyl adjacent to an activating group) is 1.